The second kappa shape index (κ2) is 4.34. The normalized spacial score (nSPS) is 10.8. The summed E-state index contributed by atoms with van der Waals surface area (Å²) >= 11 is 0. The van der Waals surface area contributed by atoms with Crippen LogP contribution in [0.25, 0.3) is 21.8 Å². The van der Waals surface area contributed by atoms with Gasteiger partial charge in [-0.3, -0.25) is 10.1 Å². The van der Waals surface area contributed by atoms with Gasteiger partial charge in [0, 0.05) is 11.5 Å². The van der Waals surface area contributed by atoms with Gasteiger partial charge in [0.05, 0.1) is 28.8 Å². The second-order valence-electron chi connectivity index (χ2n) is 4.34. The van der Waals surface area contributed by atoms with Crippen LogP contribution in [0.15, 0.2) is 36.4 Å². The summed E-state index contributed by atoms with van der Waals surface area (Å²) in [5, 5.41) is 12.1. The number of nitro groups is 1. The topological polar surface area (TPSA) is 91.3 Å². The van der Waals surface area contributed by atoms with E-state index >= 15 is 0 Å². The first-order chi connectivity index (χ1) is 9.61. The maximum atomic E-state index is 11.1. The van der Waals surface area contributed by atoms with Gasteiger partial charge < -0.3 is 10.5 Å². The van der Waals surface area contributed by atoms with Crippen LogP contribution < -0.4 is 10.5 Å². The molecule has 0 spiro atoms. The van der Waals surface area contributed by atoms with Gasteiger partial charge in [0.1, 0.15) is 11.1 Å². The first-order valence-corrected chi connectivity index (χ1v) is 5.92. The SMILES string of the molecule is COc1ccc2nc3cccc([N+](=O)[O-])c3c(N)c2c1. The zero-order chi connectivity index (χ0) is 14.3. The van der Waals surface area contributed by atoms with E-state index in [2.05, 4.69) is 4.98 Å². The molecule has 0 fully saturated rings. The van der Waals surface area contributed by atoms with Gasteiger partial charge in [0.25, 0.3) is 5.69 Å². The van der Waals surface area contributed by atoms with E-state index in [1.807, 2.05) is 0 Å². The summed E-state index contributed by atoms with van der Waals surface area (Å²) in [6.45, 7) is 0. The highest BCUT2D eigenvalue weighted by Gasteiger charge is 2.17. The number of methoxy groups -OCH3 is 1. The Kier molecular flexibility index (Phi) is 2.64. The molecule has 3 aromatic rings. The fourth-order valence-corrected chi connectivity index (χ4v) is 2.27. The number of aromatic nitrogens is 1. The largest absolute Gasteiger partial charge is 0.497 e. The predicted octanol–water partition coefficient (Wildman–Crippen LogP) is 2.89. The van der Waals surface area contributed by atoms with Crippen LogP contribution in [-0.4, -0.2) is 17.0 Å². The molecule has 0 unspecified atom stereocenters. The number of anilines is 1. The Labute approximate surface area is 113 Å². The number of ether oxygens (including phenoxy) is 1. The molecule has 6 nitrogen and oxygen atoms in total. The fraction of sp³-hybridized carbons (Fsp3) is 0.0714. The lowest BCUT2D eigenvalue weighted by Gasteiger charge is -2.08. The first kappa shape index (κ1) is 12.2. The van der Waals surface area contributed by atoms with Crippen LogP contribution in [0.5, 0.6) is 5.75 Å². The maximum absolute atomic E-state index is 11.1. The monoisotopic (exact) mass is 269 g/mol. The number of non-ortho nitro benzene ring substituents is 1. The maximum Gasteiger partial charge on any atom is 0.280 e. The molecule has 0 atom stereocenters. The van der Waals surface area contributed by atoms with Gasteiger partial charge in [0.15, 0.2) is 0 Å². The quantitative estimate of drug-likeness (QED) is 0.438. The summed E-state index contributed by atoms with van der Waals surface area (Å²) < 4.78 is 5.15. The van der Waals surface area contributed by atoms with Crippen molar-refractivity contribution in [2.45, 2.75) is 0 Å². The number of hydrogen-bond acceptors (Lipinski definition) is 5. The van der Waals surface area contributed by atoms with Crippen molar-refractivity contribution >= 4 is 33.2 Å². The van der Waals surface area contributed by atoms with Crippen molar-refractivity contribution in [3.8, 4) is 5.75 Å². The van der Waals surface area contributed by atoms with Gasteiger partial charge in [-0.05, 0) is 24.3 Å². The molecule has 0 aliphatic rings. The van der Waals surface area contributed by atoms with Crippen molar-refractivity contribution in [2.24, 2.45) is 0 Å². The smallest absolute Gasteiger partial charge is 0.280 e. The minimum absolute atomic E-state index is 0.0442. The van der Waals surface area contributed by atoms with Crippen molar-refractivity contribution in [1.29, 1.82) is 0 Å². The standard InChI is InChI=1S/C14H11N3O3/c1-20-8-5-6-10-9(7-8)14(15)13-11(16-10)3-2-4-12(13)17(18)19/h2-7H,1H3,(H2,15,16). The highest BCUT2D eigenvalue weighted by Crippen LogP contribution is 2.35. The van der Waals surface area contributed by atoms with Gasteiger partial charge in [0.2, 0.25) is 0 Å². The molecule has 20 heavy (non-hydrogen) atoms. The lowest BCUT2D eigenvalue weighted by atomic mass is 10.1. The first-order valence-electron chi connectivity index (χ1n) is 5.92. The number of nitrogen functional groups attached to an aromatic ring is 1. The van der Waals surface area contributed by atoms with Crippen molar-refractivity contribution in [1.82, 2.24) is 4.98 Å². The van der Waals surface area contributed by atoms with Crippen LogP contribution in [-0.2, 0) is 0 Å². The highest BCUT2D eigenvalue weighted by atomic mass is 16.6. The summed E-state index contributed by atoms with van der Waals surface area (Å²) in [4.78, 5) is 15.1. The summed E-state index contributed by atoms with van der Waals surface area (Å²) in [6, 6.07) is 10.0. The lowest BCUT2D eigenvalue weighted by Crippen LogP contribution is -1.97. The molecule has 6 heteroatoms. The summed E-state index contributed by atoms with van der Waals surface area (Å²) in [5.41, 5.74) is 7.60. The number of pyridine rings is 1. The van der Waals surface area contributed by atoms with Gasteiger partial charge in [-0.2, -0.15) is 0 Å². The Morgan fingerprint density at radius 3 is 2.75 bits per heavy atom. The van der Waals surface area contributed by atoms with Gasteiger partial charge in [-0.1, -0.05) is 6.07 Å². The van der Waals surface area contributed by atoms with Crippen LogP contribution in [0, 0.1) is 10.1 Å². The van der Waals surface area contributed by atoms with Crippen LogP contribution >= 0.6 is 0 Å². The average molecular weight is 269 g/mol. The van der Waals surface area contributed by atoms with E-state index in [9.17, 15) is 10.1 Å². The minimum Gasteiger partial charge on any atom is -0.497 e. The van der Waals surface area contributed by atoms with Gasteiger partial charge >= 0.3 is 0 Å². The number of rotatable bonds is 2. The Hall–Kier alpha value is -2.89. The third-order valence-corrected chi connectivity index (χ3v) is 3.22. The second-order valence-corrected chi connectivity index (χ2v) is 4.34. The fourth-order valence-electron chi connectivity index (χ4n) is 2.27. The van der Waals surface area contributed by atoms with E-state index in [-0.39, 0.29) is 5.69 Å². The van der Waals surface area contributed by atoms with Crippen LogP contribution in [0.2, 0.25) is 0 Å². The average Bonchev–Trinajstić information content (AvgIpc) is 2.46. The highest BCUT2D eigenvalue weighted by molar-refractivity contribution is 6.10. The van der Waals surface area contributed by atoms with Crippen molar-refractivity contribution in [3.63, 3.8) is 0 Å². The molecule has 2 N–H and O–H groups in total. The Bertz CT molecular complexity index is 846. The van der Waals surface area contributed by atoms with E-state index in [1.54, 1.807) is 37.4 Å². The zero-order valence-corrected chi connectivity index (χ0v) is 10.7. The molecular weight excluding hydrogens is 258 g/mol. The summed E-state index contributed by atoms with van der Waals surface area (Å²) in [5.74, 6) is 0.629. The summed E-state index contributed by atoms with van der Waals surface area (Å²) in [7, 11) is 1.55. The number of hydrogen-bond donors (Lipinski definition) is 1. The molecule has 1 aromatic heterocycles. The third kappa shape index (κ3) is 1.70. The number of nitro benzene ring substituents is 1. The van der Waals surface area contributed by atoms with Crippen LogP contribution in [0.4, 0.5) is 11.4 Å². The molecule has 0 aliphatic carbocycles. The third-order valence-electron chi connectivity index (χ3n) is 3.22. The molecule has 1 heterocycles. The number of fused-ring (bicyclic) bond motifs is 2. The summed E-state index contributed by atoms with van der Waals surface area (Å²) in [6.07, 6.45) is 0. The molecular formula is C14H11N3O3. The van der Waals surface area contributed by atoms with Crippen LogP contribution in [0.1, 0.15) is 0 Å². The van der Waals surface area contributed by atoms with Crippen molar-refractivity contribution < 1.29 is 9.66 Å². The van der Waals surface area contributed by atoms with E-state index < -0.39 is 4.92 Å². The Morgan fingerprint density at radius 2 is 2.05 bits per heavy atom. The minimum atomic E-state index is -0.452. The van der Waals surface area contributed by atoms with Crippen molar-refractivity contribution in [3.05, 3.63) is 46.5 Å². The zero-order valence-electron chi connectivity index (χ0n) is 10.7. The van der Waals surface area contributed by atoms with E-state index in [1.165, 1.54) is 6.07 Å². The predicted molar refractivity (Wildman–Crippen MR) is 76.9 cm³/mol. The molecule has 0 amide bonds. The number of benzene rings is 2. The van der Waals surface area contributed by atoms with Crippen LogP contribution in [0.3, 0.4) is 0 Å². The molecule has 0 bridgehead atoms. The molecule has 3 rings (SSSR count). The lowest BCUT2D eigenvalue weighted by molar-refractivity contribution is -0.383. The van der Waals surface area contributed by atoms with Gasteiger partial charge in [-0.15, -0.1) is 0 Å². The number of nitrogens with zero attached hydrogens (tertiary/aromatic N) is 2. The molecule has 100 valence electrons. The molecule has 0 radical (unpaired) electrons. The Morgan fingerprint density at radius 1 is 1.25 bits per heavy atom. The van der Waals surface area contributed by atoms with Crippen molar-refractivity contribution in [2.75, 3.05) is 12.8 Å². The van der Waals surface area contributed by atoms with E-state index in [0.29, 0.717) is 33.2 Å². The van der Waals surface area contributed by atoms with E-state index in [4.69, 9.17) is 10.5 Å². The Balaban J connectivity index is 2.49. The molecule has 0 saturated heterocycles. The molecule has 0 aliphatic heterocycles. The van der Waals surface area contributed by atoms with E-state index in [0.717, 1.165) is 0 Å². The number of nitrogens with two attached hydrogens (primary N) is 1. The molecule has 0 saturated carbocycles. The van der Waals surface area contributed by atoms with Gasteiger partial charge in [-0.25, -0.2) is 4.98 Å². The molecule has 2 aromatic carbocycles.